The number of carbonyl (C=O) groups is 1. The van der Waals surface area contributed by atoms with Crippen molar-refractivity contribution in [2.75, 3.05) is 13.1 Å². The van der Waals surface area contributed by atoms with Gasteiger partial charge in [0, 0.05) is 18.0 Å². The van der Waals surface area contributed by atoms with E-state index >= 15 is 0 Å². The highest BCUT2D eigenvalue weighted by atomic mass is 32.1. The van der Waals surface area contributed by atoms with Crippen LogP contribution in [0.4, 0.5) is 0 Å². The first-order valence-corrected chi connectivity index (χ1v) is 9.48. The summed E-state index contributed by atoms with van der Waals surface area (Å²) in [6.45, 7) is 3.85. The van der Waals surface area contributed by atoms with Crippen LogP contribution in [0.25, 0.3) is 0 Å². The first-order valence-electron chi connectivity index (χ1n) is 8.66. The summed E-state index contributed by atoms with van der Waals surface area (Å²) in [4.78, 5) is 20.2. The maximum Gasteiger partial charge on any atom is 0.313 e. The molecule has 0 saturated carbocycles. The van der Waals surface area contributed by atoms with Crippen molar-refractivity contribution >= 4 is 17.3 Å². The van der Waals surface area contributed by atoms with E-state index in [1.54, 1.807) is 11.3 Å². The SMILES string of the molecule is CCC[C@@]1(C(=O)O)CN(Cc2nc3c(s2)CCCC3)CC[C@H]1O. The van der Waals surface area contributed by atoms with E-state index in [0.717, 1.165) is 30.8 Å². The van der Waals surface area contributed by atoms with Gasteiger partial charge in [-0.2, -0.15) is 0 Å². The average molecular weight is 338 g/mol. The molecular formula is C17H26N2O3S. The summed E-state index contributed by atoms with van der Waals surface area (Å²) in [5, 5.41) is 21.1. The molecule has 0 aromatic carbocycles. The third-order valence-corrected chi connectivity index (χ3v) is 6.38. The highest BCUT2D eigenvalue weighted by molar-refractivity contribution is 7.11. The lowest BCUT2D eigenvalue weighted by Gasteiger charge is -2.43. The first-order chi connectivity index (χ1) is 11.0. The molecule has 2 N–H and O–H groups in total. The number of fused-ring (bicyclic) bond motifs is 1. The lowest BCUT2D eigenvalue weighted by atomic mass is 9.74. The molecule has 0 radical (unpaired) electrons. The van der Waals surface area contributed by atoms with Crippen LogP contribution in [-0.4, -0.2) is 45.3 Å². The summed E-state index contributed by atoms with van der Waals surface area (Å²) in [6.07, 6.45) is 5.77. The number of aliphatic hydroxyl groups excluding tert-OH is 1. The van der Waals surface area contributed by atoms with Gasteiger partial charge in [-0.25, -0.2) is 4.98 Å². The average Bonchev–Trinajstić information content (AvgIpc) is 2.92. The Morgan fingerprint density at radius 1 is 1.43 bits per heavy atom. The van der Waals surface area contributed by atoms with Crippen LogP contribution in [0, 0.1) is 5.41 Å². The Bertz CT molecular complexity index is 551. The Balaban J connectivity index is 1.73. The second-order valence-corrected chi connectivity index (χ2v) is 8.08. The fourth-order valence-corrected chi connectivity index (χ4v) is 5.17. The Morgan fingerprint density at radius 3 is 2.91 bits per heavy atom. The van der Waals surface area contributed by atoms with Crippen molar-refractivity contribution < 1.29 is 15.0 Å². The topological polar surface area (TPSA) is 73.7 Å². The van der Waals surface area contributed by atoms with Crippen molar-refractivity contribution in [1.82, 2.24) is 9.88 Å². The molecule has 1 aliphatic heterocycles. The molecule has 2 heterocycles. The second kappa shape index (κ2) is 6.87. The highest BCUT2D eigenvalue weighted by Gasteiger charge is 2.48. The zero-order valence-corrected chi connectivity index (χ0v) is 14.6. The van der Waals surface area contributed by atoms with Gasteiger partial charge in [0.05, 0.1) is 18.3 Å². The molecule has 1 saturated heterocycles. The number of nitrogens with zero attached hydrogens (tertiary/aromatic N) is 2. The molecule has 1 aromatic rings. The number of piperidine rings is 1. The molecule has 1 aromatic heterocycles. The van der Waals surface area contributed by atoms with E-state index in [1.165, 1.54) is 23.4 Å². The zero-order chi connectivity index (χ0) is 16.4. The quantitative estimate of drug-likeness (QED) is 0.863. The summed E-state index contributed by atoms with van der Waals surface area (Å²) in [7, 11) is 0. The monoisotopic (exact) mass is 338 g/mol. The largest absolute Gasteiger partial charge is 0.481 e. The van der Waals surface area contributed by atoms with E-state index in [4.69, 9.17) is 4.98 Å². The minimum absolute atomic E-state index is 0.418. The van der Waals surface area contributed by atoms with Crippen LogP contribution in [-0.2, 0) is 24.2 Å². The third-order valence-electron chi connectivity index (χ3n) is 5.23. The van der Waals surface area contributed by atoms with Gasteiger partial charge in [-0.15, -0.1) is 11.3 Å². The van der Waals surface area contributed by atoms with Crippen LogP contribution in [0.2, 0.25) is 0 Å². The predicted octanol–water partition coefficient (Wildman–Crippen LogP) is 2.46. The number of aromatic nitrogens is 1. The van der Waals surface area contributed by atoms with Crippen molar-refractivity contribution in [2.24, 2.45) is 5.41 Å². The summed E-state index contributed by atoms with van der Waals surface area (Å²) in [6, 6.07) is 0. The minimum Gasteiger partial charge on any atom is -0.481 e. The third kappa shape index (κ3) is 3.30. The van der Waals surface area contributed by atoms with Gasteiger partial charge in [0.25, 0.3) is 0 Å². The molecule has 2 aliphatic rings. The summed E-state index contributed by atoms with van der Waals surface area (Å²) >= 11 is 1.79. The fourth-order valence-electron chi connectivity index (χ4n) is 3.97. The Morgan fingerprint density at radius 2 is 2.22 bits per heavy atom. The van der Waals surface area contributed by atoms with Gasteiger partial charge < -0.3 is 10.2 Å². The van der Waals surface area contributed by atoms with Crippen molar-refractivity contribution in [3.63, 3.8) is 0 Å². The fraction of sp³-hybridized carbons (Fsp3) is 0.765. The van der Waals surface area contributed by atoms with Gasteiger partial charge in [0.2, 0.25) is 0 Å². The van der Waals surface area contributed by atoms with Crippen LogP contribution >= 0.6 is 11.3 Å². The number of hydrogen-bond acceptors (Lipinski definition) is 5. The molecule has 23 heavy (non-hydrogen) atoms. The lowest BCUT2D eigenvalue weighted by Crippen LogP contribution is -2.55. The van der Waals surface area contributed by atoms with Crippen LogP contribution in [0.3, 0.4) is 0 Å². The molecule has 128 valence electrons. The van der Waals surface area contributed by atoms with Gasteiger partial charge in [-0.3, -0.25) is 9.69 Å². The van der Waals surface area contributed by atoms with Gasteiger partial charge in [0.15, 0.2) is 0 Å². The van der Waals surface area contributed by atoms with E-state index in [0.29, 0.717) is 25.9 Å². The number of carboxylic acid groups (broad SMARTS) is 1. The summed E-state index contributed by atoms with van der Waals surface area (Å²) in [5.41, 5.74) is 0.232. The van der Waals surface area contributed by atoms with Crippen molar-refractivity contribution in [3.8, 4) is 0 Å². The maximum absolute atomic E-state index is 11.8. The number of rotatable bonds is 5. The summed E-state index contributed by atoms with van der Waals surface area (Å²) in [5.74, 6) is -0.866. The molecule has 0 spiro atoms. The van der Waals surface area contributed by atoms with Crippen molar-refractivity contribution in [2.45, 2.75) is 64.5 Å². The molecule has 2 atom stereocenters. The Kier molecular flexibility index (Phi) is 5.04. The van der Waals surface area contributed by atoms with Crippen LogP contribution in [0.5, 0.6) is 0 Å². The molecule has 1 aliphatic carbocycles. The number of carboxylic acids is 1. The zero-order valence-electron chi connectivity index (χ0n) is 13.8. The number of likely N-dealkylation sites (tertiary alicyclic amines) is 1. The van der Waals surface area contributed by atoms with Gasteiger partial charge in [-0.1, -0.05) is 13.3 Å². The molecule has 0 amide bonds. The number of aryl methyl sites for hydroxylation is 2. The molecule has 5 nitrogen and oxygen atoms in total. The minimum atomic E-state index is -1.02. The number of hydrogen-bond donors (Lipinski definition) is 2. The maximum atomic E-state index is 11.8. The van der Waals surface area contributed by atoms with E-state index in [2.05, 4.69) is 4.90 Å². The second-order valence-electron chi connectivity index (χ2n) is 6.91. The molecule has 0 bridgehead atoms. The van der Waals surface area contributed by atoms with Crippen LogP contribution in [0.15, 0.2) is 0 Å². The Hall–Kier alpha value is -0.980. The normalized spacial score (nSPS) is 28.5. The number of aliphatic carboxylic acids is 1. The Labute approximate surface area is 141 Å². The molecular weight excluding hydrogens is 312 g/mol. The lowest BCUT2D eigenvalue weighted by molar-refractivity contribution is -0.164. The molecule has 3 rings (SSSR count). The van der Waals surface area contributed by atoms with E-state index in [1.807, 2.05) is 6.92 Å². The first kappa shape index (κ1) is 16.9. The number of thiazole rings is 1. The van der Waals surface area contributed by atoms with Gasteiger partial charge in [-0.05, 0) is 38.5 Å². The van der Waals surface area contributed by atoms with E-state index in [-0.39, 0.29) is 0 Å². The standard InChI is InChI=1S/C17H26N2O3S/c1-2-8-17(16(21)22)11-19(9-7-14(17)20)10-15-18-12-5-3-4-6-13(12)23-15/h14,20H,2-11H2,1H3,(H,21,22)/t14-,17-/m1/s1. The van der Waals surface area contributed by atoms with Crippen molar-refractivity contribution in [1.29, 1.82) is 0 Å². The van der Waals surface area contributed by atoms with Gasteiger partial charge in [0.1, 0.15) is 10.4 Å². The van der Waals surface area contributed by atoms with Crippen LogP contribution < -0.4 is 0 Å². The van der Waals surface area contributed by atoms with Crippen LogP contribution in [0.1, 0.15) is 54.6 Å². The number of aliphatic hydroxyl groups is 1. The predicted molar refractivity (Wildman–Crippen MR) is 89.6 cm³/mol. The smallest absolute Gasteiger partial charge is 0.313 e. The van der Waals surface area contributed by atoms with Gasteiger partial charge >= 0.3 is 5.97 Å². The highest BCUT2D eigenvalue weighted by Crippen LogP contribution is 2.36. The molecule has 6 heteroatoms. The van der Waals surface area contributed by atoms with E-state index in [9.17, 15) is 15.0 Å². The summed E-state index contributed by atoms with van der Waals surface area (Å²) < 4.78 is 0. The van der Waals surface area contributed by atoms with Crippen molar-refractivity contribution in [3.05, 3.63) is 15.6 Å². The molecule has 1 fully saturated rings. The van der Waals surface area contributed by atoms with E-state index < -0.39 is 17.5 Å². The molecule has 0 unspecified atom stereocenters.